The van der Waals surface area contributed by atoms with Crippen molar-refractivity contribution in [2.24, 2.45) is 0 Å². The molecule has 230 valence electrons. The Bertz CT molecular complexity index is 1520. The van der Waals surface area contributed by atoms with Crippen molar-refractivity contribution in [1.29, 1.82) is 0 Å². The van der Waals surface area contributed by atoms with E-state index in [-0.39, 0.29) is 29.3 Å². The lowest BCUT2D eigenvalue weighted by Crippen LogP contribution is -2.23. The summed E-state index contributed by atoms with van der Waals surface area (Å²) in [5, 5.41) is 11.6. The second-order valence-corrected chi connectivity index (χ2v) is 11.3. The van der Waals surface area contributed by atoms with Gasteiger partial charge >= 0.3 is 11.9 Å². The lowest BCUT2D eigenvalue weighted by molar-refractivity contribution is -0.135. The number of ether oxygens (including phenoxy) is 4. The number of rotatable bonds is 6. The molecule has 0 unspecified atom stereocenters. The molecule has 0 fully saturated rings. The molecule has 8 heteroatoms. The van der Waals surface area contributed by atoms with E-state index in [1.165, 1.54) is 0 Å². The van der Waals surface area contributed by atoms with E-state index in [1.807, 2.05) is 54.6 Å². The molecule has 2 atom stereocenters. The minimum atomic E-state index is -0.655. The number of hydrogen-bond acceptors (Lipinski definition) is 8. The summed E-state index contributed by atoms with van der Waals surface area (Å²) < 4.78 is 22.5. The zero-order chi connectivity index (χ0) is 31.1. The van der Waals surface area contributed by atoms with Gasteiger partial charge in [-0.15, -0.1) is 0 Å². The zero-order valence-corrected chi connectivity index (χ0v) is 25.2. The third-order valence-corrected chi connectivity index (χ3v) is 8.08. The predicted molar refractivity (Wildman–Crippen MR) is 165 cm³/mol. The number of phenols is 1. The lowest BCUT2D eigenvalue weighted by Gasteiger charge is -2.28. The summed E-state index contributed by atoms with van der Waals surface area (Å²) in [5.41, 5.74) is 2.73. The Morgan fingerprint density at radius 2 is 1.68 bits per heavy atom. The molecule has 8 nitrogen and oxygen atoms in total. The van der Waals surface area contributed by atoms with Crippen molar-refractivity contribution in [3.8, 4) is 23.0 Å². The maximum absolute atomic E-state index is 13.4. The molecule has 0 saturated carbocycles. The van der Waals surface area contributed by atoms with Crippen LogP contribution < -0.4 is 14.2 Å². The number of methoxy groups -OCH3 is 1. The molecule has 1 N–H and O–H groups in total. The largest absolute Gasteiger partial charge is 0.507 e. The lowest BCUT2D eigenvalue weighted by atomic mass is 9.83. The molecule has 2 heterocycles. The molecule has 0 aliphatic carbocycles. The SMILES string of the molecule is COc1ccc(CCOc2ccc([C@@H]3CC(=O)Oc4cc5c(c(O)c43)C(=O)O[C@@H](C)CCCC(=O)CCCC=C5)cc2)cc1. The molecule has 0 saturated heterocycles. The van der Waals surface area contributed by atoms with Crippen LogP contribution >= 0.6 is 0 Å². The second-order valence-electron chi connectivity index (χ2n) is 11.3. The van der Waals surface area contributed by atoms with E-state index >= 15 is 0 Å². The van der Waals surface area contributed by atoms with Crippen molar-refractivity contribution in [2.45, 2.75) is 70.3 Å². The summed E-state index contributed by atoms with van der Waals surface area (Å²) >= 11 is 0. The molecule has 0 bridgehead atoms. The quantitative estimate of drug-likeness (QED) is 0.240. The first-order chi connectivity index (χ1) is 21.3. The van der Waals surface area contributed by atoms with Crippen molar-refractivity contribution < 1.29 is 38.4 Å². The van der Waals surface area contributed by atoms with Gasteiger partial charge in [0.25, 0.3) is 0 Å². The van der Waals surface area contributed by atoms with E-state index in [1.54, 1.807) is 26.2 Å². The first-order valence-electron chi connectivity index (χ1n) is 15.2. The number of phenolic OH excluding ortho intramolecular Hbond substituents is 1. The molecule has 2 aliphatic heterocycles. The molecule has 0 radical (unpaired) electrons. The number of Topliss-reactive ketones (excluding diaryl/α,β-unsaturated/α-hetero) is 1. The van der Waals surface area contributed by atoms with Gasteiger partial charge < -0.3 is 24.1 Å². The second kappa shape index (κ2) is 14.3. The van der Waals surface area contributed by atoms with E-state index in [0.717, 1.165) is 23.3 Å². The van der Waals surface area contributed by atoms with Crippen LogP contribution in [0, 0.1) is 0 Å². The Kier molecular flexibility index (Phi) is 10.00. The maximum atomic E-state index is 13.4. The van der Waals surface area contributed by atoms with Gasteiger partial charge in [0.2, 0.25) is 0 Å². The van der Waals surface area contributed by atoms with Crippen molar-refractivity contribution >= 4 is 23.8 Å². The van der Waals surface area contributed by atoms with Gasteiger partial charge in [-0.05, 0) is 79.6 Å². The highest BCUT2D eigenvalue weighted by molar-refractivity contribution is 5.98. The average Bonchev–Trinajstić information content (AvgIpc) is 3.00. The number of aromatic hydroxyl groups is 1. The molecule has 5 rings (SSSR count). The highest BCUT2D eigenvalue weighted by Gasteiger charge is 2.35. The fourth-order valence-corrected chi connectivity index (χ4v) is 5.68. The summed E-state index contributed by atoms with van der Waals surface area (Å²) in [6.07, 6.45) is 7.33. The van der Waals surface area contributed by atoms with E-state index in [2.05, 4.69) is 0 Å². The van der Waals surface area contributed by atoms with Gasteiger partial charge in [0.1, 0.15) is 34.3 Å². The summed E-state index contributed by atoms with van der Waals surface area (Å²) in [5.74, 6) is 0.0331. The fourth-order valence-electron chi connectivity index (χ4n) is 5.68. The van der Waals surface area contributed by atoms with E-state index in [0.29, 0.717) is 62.0 Å². The minimum Gasteiger partial charge on any atom is -0.507 e. The predicted octanol–water partition coefficient (Wildman–Crippen LogP) is 6.95. The monoisotopic (exact) mass is 598 g/mol. The molecular weight excluding hydrogens is 560 g/mol. The molecular formula is C36H38O8. The van der Waals surface area contributed by atoms with Gasteiger partial charge in [0.05, 0.1) is 26.2 Å². The molecule has 0 aromatic heterocycles. The standard InChI is InChI=1S/C36H38O8/c1-23-7-6-10-27(37)9-5-3-4-8-26-21-31-34(35(39)33(26)36(40)43-23)30(22-32(38)44-31)25-13-17-29(18-14-25)42-20-19-24-11-15-28(41-2)16-12-24/h4,8,11-18,21,23,30,39H,3,5-7,9-10,19-20,22H2,1-2H3/t23-,30-/m0/s1. The number of ketones is 1. The fraction of sp³-hybridized carbons (Fsp3) is 0.361. The number of carbonyl (C=O) groups excluding carboxylic acids is 3. The van der Waals surface area contributed by atoms with Crippen LogP contribution in [0.2, 0.25) is 0 Å². The van der Waals surface area contributed by atoms with Crippen LogP contribution in [0.15, 0.2) is 60.7 Å². The Morgan fingerprint density at radius 1 is 0.955 bits per heavy atom. The first-order valence-corrected chi connectivity index (χ1v) is 15.2. The topological polar surface area (TPSA) is 108 Å². The Hall–Kier alpha value is -4.59. The van der Waals surface area contributed by atoms with E-state index < -0.39 is 24.0 Å². The van der Waals surface area contributed by atoms with Gasteiger partial charge in [-0.1, -0.05) is 36.4 Å². The van der Waals surface area contributed by atoms with Crippen molar-refractivity contribution in [3.05, 3.63) is 88.5 Å². The van der Waals surface area contributed by atoms with Crippen LogP contribution in [0.4, 0.5) is 0 Å². The Morgan fingerprint density at radius 3 is 2.43 bits per heavy atom. The van der Waals surface area contributed by atoms with E-state index in [9.17, 15) is 19.5 Å². The van der Waals surface area contributed by atoms with Gasteiger partial charge in [0.15, 0.2) is 0 Å². The third kappa shape index (κ3) is 7.48. The van der Waals surface area contributed by atoms with Crippen molar-refractivity contribution in [2.75, 3.05) is 13.7 Å². The van der Waals surface area contributed by atoms with Crippen LogP contribution in [0.1, 0.15) is 90.4 Å². The third-order valence-electron chi connectivity index (χ3n) is 8.08. The van der Waals surface area contributed by atoms with Crippen LogP contribution in [0.25, 0.3) is 6.08 Å². The highest BCUT2D eigenvalue weighted by atomic mass is 16.5. The number of benzene rings is 3. The summed E-state index contributed by atoms with van der Waals surface area (Å²) in [4.78, 5) is 38.3. The zero-order valence-electron chi connectivity index (χ0n) is 25.2. The molecule has 3 aromatic rings. The van der Waals surface area contributed by atoms with Crippen molar-refractivity contribution in [1.82, 2.24) is 0 Å². The number of hydrogen-bond donors (Lipinski definition) is 1. The van der Waals surface area contributed by atoms with Crippen LogP contribution in [-0.2, 0) is 20.7 Å². The maximum Gasteiger partial charge on any atom is 0.342 e. The highest BCUT2D eigenvalue weighted by Crippen LogP contribution is 2.47. The van der Waals surface area contributed by atoms with Crippen LogP contribution in [0.5, 0.6) is 23.0 Å². The van der Waals surface area contributed by atoms with E-state index in [4.69, 9.17) is 18.9 Å². The van der Waals surface area contributed by atoms with Gasteiger partial charge in [-0.3, -0.25) is 9.59 Å². The molecule has 0 spiro atoms. The van der Waals surface area contributed by atoms with Gasteiger partial charge in [-0.25, -0.2) is 4.79 Å². The van der Waals surface area contributed by atoms with Gasteiger partial charge in [-0.2, -0.15) is 0 Å². The summed E-state index contributed by atoms with van der Waals surface area (Å²) in [6.45, 7) is 2.27. The number of fused-ring (bicyclic) bond motifs is 2. The molecule has 2 aliphatic rings. The van der Waals surface area contributed by atoms with Crippen LogP contribution in [-0.4, -0.2) is 42.6 Å². The smallest absolute Gasteiger partial charge is 0.342 e. The number of carbonyl (C=O) groups is 3. The van der Waals surface area contributed by atoms with Crippen molar-refractivity contribution in [3.63, 3.8) is 0 Å². The molecule has 3 aromatic carbocycles. The number of allylic oxidation sites excluding steroid dienone is 1. The normalized spacial score (nSPS) is 19.2. The minimum absolute atomic E-state index is 0.00629. The number of esters is 2. The summed E-state index contributed by atoms with van der Waals surface area (Å²) in [7, 11) is 1.64. The van der Waals surface area contributed by atoms with Crippen LogP contribution in [0.3, 0.4) is 0 Å². The number of cyclic esters (lactones) is 1. The average molecular weight is 599 g/mol. The Labute approximate surface area is 257 Å². The summed E-state index contributed by atoms with van der Waals surface area (Å²) in [6, 6.07) is 16.9. The van der Waals surface area contributed by atoms with Gasteiger partial charge in [0, 0.05) is 30.7 Å². The molecule has 44 heavy (non-hydrogen) atoms. The Balaban J connectivity index is 1.39. The first kappa shape index (κ1) is 30.9. The molecule has 0 amide bonds.